The number of aliphatic hydroxyl groups is 1. The van der Waals surface area contributed by atoms with E-state index < -0.39 is 11.6 Å². The minimum atomic E-state index is -1.02. The fourth-order valence-electron chi connectivity index (χ4n) is 3.64. The van der Waals surface area contributed by atoms with Crippen LogP contribution in [0.1, 0.15) is 97.3 Å². The van der Waals surface area contributed by atoms with Gasteiger partial charge in [-0.05, 0) is 13.3 Å². The van der Waals surface area contributed by atoms with Gasteiger partial charge in [0.05, 0.1) is 20.6 Å². The molecule has 0 bridgehead atoms. The molecule has 1 atom stereocenters. The standard InChI is InChI=1S/C21H43NO3/c1-5-6-7-8-9-10-11-12-13-14-15-17-21(2,25)19-22(3,4)18-16-20(23)24/h25H,5-19H2,1-4H3. The third-order valence-electron chi connectivity index (χ3n) is 5.01. The predicted octanol–water partition coefficient (Wildman–Crippen LogP) is 3.65. The summed E-state index contributed by atoms with van der Waals surface area (Å²) in [6.07, 6.45) is 15.2. The van der Waals surface area contributed by atoms with Crippen LogP contribution in [0.3, 0.4) is 0 Å². The Morgan fingerprint density at radius 3 is 1.80 bits per heavy atom. The zero-order valence-electron chi connectivity index (χ0n) is 17.3. The lowest BCUT2D eigenvalue weighted by atomic mass is 9.96. The second-order valence-electron chi connectivity index (χ2n) is 8.72. The van der Waals surface area contributed by atoms with Gasteiger partial charge in [0.2, 0.25) is 0 Å². The summed E-state index contributed by atoms with van der Waals surface area (Å²) in [6.45, 7) is 5.21. The van der Waals surface area contributed by atoms with Crippen LogP contribution in [-0.4, -0.2) is 48.3 Å². The lowest BCUT2D eigenvalue weighted by Crippen LogP contribution is -2.51. The van der Waals surface area contributed by atoms with E-state index >= 15 is 0 Å². The summed E-state index contributed by atoms with van der Waals surface area (Å²) in [5, 5.41) is 21.2. The fourth-order valence-corrected chi connectivity index (χ4v) is 3.64. The highest BCUT2D eigenvalue weighted by Crippen LogP contribution is 2.20. The molecule has 0 heterocycles. The van der Waals surface area contributed by atoms with Crippen molar-refractivity contribution in [2.24, 2.45) is 0 Å². The lowest BCUT2D eigenvalue weighted by molar-refractivity contribution is -0.896. The van der Waals surface area contributed by atoms with Crippen molar-refractivity contribution in [2.45, 2.75) is 103 Å². The van der Waals surface area contributed by atoms with Gasteiger partial charge in [-0.3, -0.25) is 0 Å². The molecule has 0 aliphatic heterocycles. The van der Waals surface area contributed by atoms with Gasteiger partial charge in [0.25, 0.3) is 0 Å². The minimum Gasteiger partial charge on any atom is -0.550 e. The number of rotatable bonds is 17. The third-order valence-corrected chi connectivity index (χ3v) is 5.01. The van der Waals surface area contributed by atoms with Gasteiger partial charge in [0, 0.05) is 12.4 Å². The van der Waals surface area contributed by atoms with Gasteiger partial charge >= 0.3 is 0 Å². The van der Waals surface area contributed by atoms with Crippen molar-refractivity contribution >= 4 is 5.97 Å². The van der Waals surface area contributed by atoms with Crippen LogP contribution in [-0.2, 0) is 4.79 Å². The number of quaternary nitrogens is 1. The number of unbranched alkanes of at least 4 members (excludes halogenated alkanes) is 10. The lowest BCUT2D eigenvalue weighted by Gasteiger charge is -2.36. The van der Waals surface area contributed by atoms with E-state index in [-0.39, 0.29) is 6.42 Å². The number of carbonyl (C=O) groups is 1. The summed E-state index contributed by atoms with van der Waals surface area (Å²) in [5.74, 6) is -1.02. The largest absolute Gasteiger partial charge is 0.550 e. The van der Waals surface area contributed by atoms with Crippen molar-refractivity contribution in [3.8, 4) is 0 Å². The molecule has 150 valence electrons. The Bertz CT molecular complexity index is 340. The van der Waals surface area contributed by atoms with Crippen molar-refractivity contribution in [1.82, 2.24) is 0 Å². The smallest absolute Gasteiger partial charge is 0.111 e. The molecule has 0 amide bonds. The van der Waals surface area contributed by atoms with Gasteiger partial charge in [0.15, 0.2) is 0 Å². The van der Waals surface area contributed by atoms with Gasteiger partial charge in [-0.1, -0.05) is 77.6 Å². The number of hydrogen-bond donors (Lipinski definition) is 1. The Morgan fingerprint density at radius 1 is 0.920 bits per heavy atom. The third kappa shape index (κ3) is 16.6. The first-order chi connectivity index (χ1) is 11.7. The molecule has 0 spiro atoms. The molecule has 0 radical (unpaired) electrons. The Kier molecular flexibility index (Phi) is 13.2. The second kappa shape index (κ2) is 13.6. The van der Waals surface area contributed by atoms with Crippen LogP contribution < -0.4 is 5.11 Å². The van der Waals surface area contributed by atoms with Crippen LogP contribution in [0.2, 0.25) is 0 Å². The van der Waals surface area contributed by atoms with E-state index in [2.05, 4.69) is 6.92 Å². The molecule has 0 aliphatic carbocycles. The van der Waals surface area contributed by atoms with Gasteiger partial charge in [-0.25, -0.2) is 0 Å². The Labute approximate surface area is 156 Å². The van der Waals surface area contributed by atoms with Gasteiger partial charge in [-0.15, -0.1) is 0 Å². The zero-order chi connectivity index (χ0) is 19.2. The van der Waals surface area contributed by atoms with E-state index in [1.807, 2.05) is 21.0 Å². The van der Waals surface area contributed by atoms with E-state index in [9.17, 15) is 15.0 Å². The molecule has 0 fully saturated rings. The SMILES string of the molecule is CCCCCCCCCCCCCC(C)(O)C[N+](C)(C)CCC(=O)[O-]. The fraction of sp³-hybridized carbons (Fsp3) is 0.952. The van der Waals surface area contributed by atoms with Crippen LogP contribution in [0.15, 0.2) is 0 Å². The highest BCUT2D eigenvalue weighted by Gasteiger charge is 2.29. The highest BCUT2D eigenvalue weighted by atomic mass is 16.4. The summed E-state index contributed by atoms with van der Waals surface area (Å²) >= 11 is 0. The predicted molar refractivity (Wildman–Crippen MR) is 103 cm³/mol. The molecule has 4 heteroatoms. The first-order valence-corrected chi connectivity index (χ1v) is 10.4. The number of hydrogen-bond acceptors (Lipinski definition) is 3. The molecule has 0 aromatic carbocycles. The summed E-state index contributed by atoms with van der Waals surface area (Å²) in [4.78, 5) is 10.6. The van der Waals surface area contributed by atoms with Crippen molar-refractivity contribution in [1.29, 1.82) is 0 Å². The summed E-state index contributed by atoms with van der Waals surface area (Å²) < 4.78 is 0.513. The average molecular weight is 358 g/mol. The molecule has 0 rings (SSSR count). The highest BCUT2D eigenvalue weighted by molar-refractivity contribution is 5.64. The molecule has 1 N–H and O–H groups in total. The Balaban J connectivity index is 3.66. The van der Waals surface area contributed by atoms with Gasteiger partial charge in [0.1, 0.15) is 12.1 Å². The van der Waals surface area contributed by atoms with Crippen LogP contribution in [0.5, 0.6) is 0 Å². The number of aliphatic carboxylic acids is 1. The molecule has 0 aromatic heterocycles. The number of likely N-dealkylation sites (N-methyl/N-ethyl adjacent to an activating group) is 1. The molecule has 0 saturated carbocycles. The molecule has 25 heavy (non-hydrogen) atoms. The minimum absolute atomic E-state index is 0.0432. The number of carboxylic acids is 1. The van der Waals surface area contributed by atoms with E-state index in [0.29, 0.717) is 17.6 Å². The average Bonchev–Trinajstić information content (AvgIpc) is 2.50. The van der Waals surface area contributed by atoms with Gasteiger partial charge in [-0.2, -0.15) is 0 Å². The zero-order valence-corrected chi connectivity index (χ0v) is 17.3. The molecular formula is C21H43NO3. The van der Waals surface area contributed by atoms with E-state index in [4.69, 9.17) is 0 Å². The van der Waals surface area contributed by atoms with E-state index in [0.717, 1.165) is 12.8 Å². The molecule has 0 saturated heterocycles. The maximum absolute atomic E-state index is 10.6. The summed E-state index contributed by atoms with van der Waals surface area (Å²) in [6, 6.07) is 0. The monoisotopic (exact) mass is 357 g/mol. The molecule has 4 nitrogen and oxygen atoms in total. The van der Waals surface area contributed by atoms with Crippen molar-refractivity contribution in [2.75, 3.05) is 27.2 Å². The molecule has 0 aromatic rings. The van der Waals surface area contributed by atoms with Crippen molar-refractivity contribution in [3.05, 3.63) is 0 Å². The maximum atomic E-state index is 10.6. The quantitative estimate of drug-likeness (QED) is 0.319. The normalized spacial score (nSPS) is 14.4. The van der Waals surface area contributed by atoms with E-state index in [1.165, 1.54) is 64.2 Å². The Morgan fingerprint density at radius 2 is 1.36 bits per heavy atom. The van der Waals surface area contributed by atoms with Crippen LogP contribution in [0.25, 0.3) is 0 Å². The maximum Gasteiger partial charge on any atom is 0.111 e. The summed E-state index contributed by atoms with van der Waals surface area (Å²) in [7, 11) is 3.94. The van der Waals surface area contributed by atoms with Crippen LogP contribution in [0, 0.1) is 0 Å². The summed E-state index contributed by atoms with van der Waals surface area (Å²) in [5.41, 5.74) is -0.727. The first-order valence-electron chi connectivity index (χ1n) is 10.4. The first kappa shape index (κ1) is 24.4. The Hall–Kier alpha value is -0.610. The number of carbonyl (C=O) groups excluding carboxylic acids is 1. The van der Waals surface area contributed by atoms with Crippen molar-refractivity contribution in [3.63, 3.8) is 0 Å². The topological polar surface area (TPSA) is 60.4 Å². The van der Waals surface area contributed by atoms with Crippen molar-refractivity contribution < 1.29 is 19.5 Å². The number of carboxylic acid groups (broad SMARTS) is 1. The molecule has 1 unspecified atom stereocenters. The second-order valence-corrected chi connectivity index (χ2v) is 8.72. The molecular weight excluding hydrogens is 314 g/mol. The van der Waals surface area contributed by atoms with Gasteiger partial charge < -0.3 is 19.5 Å². The number of nitrogens with zero attached hydrogens (tertiary/aromatic N) is 1. The van der Waals surface area contributed by atoms with Crippen LogP contribution >= 0.6 is 0 Å². The molecule has 0 aliphatic rings. The van der Waals surface area contributed by atoms with E-state index in [1.54, 1.807) is 0 Å². The van der Waals surface area contributed by atoms with Crippen LogP contribution in [0.4, 0.5) is 0 Å².